The molecular formula is C9H5Cl3N2S. The fourth-order valence-corrected chi connectivity index (χ4v) is 2.16. The predicted octanol–water partition coefficient (Wildman–Crippen LogP) is 4.85. The van der Waals surface area contributed by atoms with Crippen molar-refractivity contribution in [1.29, 1.82) is 0 Å². The van der Waals surface area contributed by atoms with E-state index in [4.69, 9.17) is 34.8 Å². The van der Waals surface area contributed by atoms with Crippen molar-refractivity contribution in [2.24, 2.45) is 0 Å². The zero-order chi connectivity index (χ0) is 10.8. The monoisotopic (exact) mass is 278 g/mol. The molecule has 0 saturated carbocycles. The second-order valence-corrected chi connectivity index (χ2v) is 4.79. The molecule has 2 aromatic rings. The second kappa shape index (κ2) is 4.58. The number of halogens is 3. The molecule has 0 aliphatic rings. The third-order valence-corrected chi connectivity index (χ3v) is 3.47. The topological polar surface area (TPSA) is 24.9 Å². The molecule has 0 unspecified atom stereocenters. The number of hydrogen-bond donors (Lipinski definition) is 1. The lowest BCUT2D eigenvalue weighted by Gasteiger charge is -2.03. The number of anilines is 2. The van der Waals surface area contributed by atoms with Gasteiger partial charge in [0.15, 0.2) is 5.13 Å². The molecule has 1 aromatic carbocycles. The molecule has 1 aromatic heterocycles. The van der Waals surface area contributed by atoms with Gasteiger partial charge < -0.3 is 5.32 Å². The molecule has 0 radical (unpaired) electrons. The quantitative estimate of drug-likeness (QED) is 0.850. The summed E-state index contributed by atoms with van der Waals surface area (Å²) >= 11 is 18.8. The average Bonchev–Trinajstić information content (AvgIpc) is 2.58. The number of hydrogen-bond acceptors (Lipinski definition) is 3. The molecule has 0 fully saturated rings. The van der Waals surface area contributed by atoms with Gasteiger partial charge in [-0.05, 0) is 18.2 Å². The first-order chi connectivity index (χ1) is 7.15. The average molecular weight is 280 g/mol. The summed E-state index contributed by atoms with van der Waals surface area (Å²) in [4.78, 5) is 4.05. The van der Waals surface area contributed by atoms with E-state index in [-0.39, 0.29) is 0 Å². The van der Waals surface area contributed by atoms with Gasteiger partial charge in [0, 0.05) is 11.1 Å². The Balaban J connectivity index is 2.21. The third-order valence-electron chi connectivity index (χ3n) is 1.65. The molecule has 2 rings (SSSR count). The zero-order valence-corrected chi connectivity index (χ0v) is 10.4. The largest absolute Gasteiger partial charge is 0.331 e. The van der Waals surface area contributed by atoms with Crippen molar-refractivity contribution in [3.05, 3.63) is 38.8 Å². The highest BCUT2D eigenvalue weighted by Gasteiger charge is 2.02. The van der Waals surface area contributed by atoms with Gasteiger partial charge in [0.2, 0.25) is 0 Å². The van der Waals surface area contributed by atoms with Crippen LogP contribution in [0.4, 0.5) is 10.8 Å². The van der Waals surface area contributed by atoms with Crippen molar-refractivity contribution in [1.82, 2.24) is 4.98 Å². The Kier molecular flexibility index (Phi) is 3.36. The highest BCUT2D eigenvalue weighted by Crippen LogP contribution is 2.28. The molecular weight excluding hydrogens is 275 g/mol. The highest BCUT2D eigenvalue weighted by molar-refractivity contribution is 7.14. The fourth-order valence-electron chi connectivity index (χ4n) is 1.01. The van der Waals surface area contributed by atoms with E-state index in [1.165, 1.54) is 11.3 Å². The van der Waals surface area contributed by atoms with Gasteiger partial charge in [-0.25, -0.2) is 4.98 Å². The Hall–Kier alpha value is -0.480. The van der Waals surface area contributed by atoms with E-state index in [2.05, 4.69) is 10.3 Å². The van der Waals surface area contributed by atoms with Crippen LogP contribution in [-0.4, -0.2) is 4.98 Å². The summed E-state index contributed by atoms with van der Waals surface area (Å²) in [5, 5.41) is 7.05. The van der Waals surface area contributed by atoms with Gasteiger partial charge >= 0.3 is 0 Å². The van der Waals surface area contributed by atoms with Crippen molar-refractivity contribution in [3.8, 4) is 0 Å². The van der Waals surface area contributed by atoms with E-state index in [9.17, 15) is 0 Å². The maximum Gasteiger partial charge on any atom is 0.188 e. The third kappa shape index (κ3) is 2.75. The van der Waals surface area contributed by atoms with Crippen LogP contribution >= 0.6 is 46.1 Å². The molecule has 6 heteroatoms. The molecule has 78 valence electrons. The van der Waals surface area contributed by atoms with Gasteiger partial charge in [-0.2, -0.15) is 0 Å². The first kappa shape index (κ1) is 11.0. The Labute approximate surface area is 106 Å². The number of thiazole rings is 1. The zero-order valence-electron chi connectivity index (χ0n) is 7.30. The Bertz CT molecular complexity index is 484. The van der Waals surface area contributed by atoms with Crippen molar-refractivity contribution in [2.75, 3.05) is 5.32 Å². The van der Waals surface area contributed by atoms with Crippen molar-refractivity contribution >= 4 is 57.0 Å². The van der Waals surface area contributed by atoms with Crippen LogP contribution in [0.5, 0.6) is 0 Å². The van der Waals surface area contributed by atoms with Gasteiger partial charge in [-0.1, -0.05) is 34.8 Å². The molecule has 0 spiro atoms. The summed E-state index contributed by atoms with van der Waals surface area (Å²) < 4.78 is 0. The fraction of sp³-hybridized carbons (Fsp3) is 0. The predicted molar refractivity (Wildman–Crippen MR) is 66.9 cm³/mol. The van der Waals surface area contributed by atoms with Crippen LogP contribution in [0.1, 0.15) is 0 Å². The van der Waals surface area contributed by atoms with Crippen LogP contribution in [0, 0.1) is 0 Å². The van der Waals surface area contributed by atoms with Crippen molar-refractivity contribution < 1.29 is 0 Å². The van der Waals surface area contributed by atoms with Gasteiger partial charge in [-0.3, -0.25) is 0 Å². The van der Waals surface area contributed by atoms with Crippen molar-refractivity contribution in [3.63, 3.8) is 0 Å². The van der Waals surface area contributed by atoms with Crippen LogP contribution < -0.4 is 5.32 Å². The Morgan fingerprint density at radius 3 is 2.53 bits per heavy atom. The SMILES string of the molecule is Clc1csc(Nc2ccc(Cl)c(Cl)c2)n1. The van der Waals surface area contributed by atoms with E-state index in [1.54, 1.807) is 17.5 Å². The maximum atomic E-state index is 5.87. The van der Waals surface area contributed by atoms with Crippen LogP contribution in [0.2, 0.25) is 15.2 Å². The summed E-state index contributed by atoms with van der Waals surface area (Å²) in [5.74, 6) is 0. The molecule has 0 saturated heterocycles. The molecule has 0 bridgehead atoms. The summed E-state index contributed by atoms with van der Waals surface area (Å²) in [5.41, 5.74) is 0.829. The normalized spacial score (nSPS) is 10.3. The van der Waals surface area contributed by atoms with Crippen molar-refractivity contribution in [2.45, 2.75) is 0 Å². The summed E-state index contributed by atoms with van der Waals surface area (Å²) in [6, 6.07) is 5.28. The van der Waals surface area contributed by atoms with E-state index in [0.717, 1.165) is 10.8 Å². The number of aromatic nitrogens is 1. The first-order valence-electron chi connectivity index (χ1n) is 3.98. The lowest BCUT2D eigenvalue weighted by Crippen LogP contribution is -1.88. The standard InChI is InChI=1S/C9H5Cl3N2S/c10-6-2-1-5(3-7(6)11)13-9-14-8(12)4-15-9/h1-4H,(H,13,14). The molecule has 2 nitrogen and oxygen atoms in total. The smallest absolute Gasteiger partial charge is 0.188 e. The van der Waals surface area contributed by atoms with Gasteiger partial charge in [0.25, 0.3) is 0 Å². The van der Waals surface area contributed by atoms with E-state index >= 15 is 0 Å². The molecule has 0 aliphatic heterocycles. The minimum atomic E-state index is 0.475. The number of nitrogens with one attached hydrogen (secondary N) is 1. The van der Waals surface area contributed by atoms with Crippen LogP contribution in [-0.2, 0) is 0 Å². The summed E-state index contributed by atoms with van der Waals surface area (Å²) in [6.45, 7) is 0. The minimum absolute atomic E-state index is 0.475. The molecule has 1 heterocycles. The highest BCUT2D eigenvalue weighted by atomic mass is 35.5. The van der Waals surface area contributed by atoms with E-state index < -0.39 is 0 Å². The van der Waals surface area contributed by atoms with Gasteiger partial charge in [-0.15, -0.1) is 11.3 Å². The number of nitrogens with zero attached hydrogens (tertiary/aromatic N) is 1. The minimum Gasteiger partial charge on any atom is -0.331 e. The second-order valence-electron chi connectivity index (χ2n) is 2.73. The van der Waals surface area contributed by atoms with Crippen LogP contribution in [0.3, 0.4) is 0 Å². The molecule has 0 atom stereocenters. The number of benzene rings is 1. The molecule has 1 N–H and O–H groups in total. The molecule has 0 amide bonds. The van der Waals surface area contributed by atoms with Gasteiger partial charge in [0.05, 0.1) is 10.0 Å². The maximum absolute atomic E-state index is 5.87. The van der Waals surface area contributed by atoms with Gasteiger partial charge in [0.1, 0.15) is 5.15 Å². The van der Waals surface area contributed by atoms with Crippen LogP contribution in [0.15, 0.2) is 23.6 Å². The lowest BCUT2D eigenvalue weighted by atomic mass is 10.3. The summed E-state index contributed by atoms with van der Waals surface area (Å²) in [7, 11) is 0. The number of rotatable bonds is 2. The molecule has 0 aliphatic carbocycles. The Morgan fingerprint density at radius 2 is 1.93 bits per heavy atom. The van der Waals surface area contributed by atoms with Crippen LogP contribution in [0.25, 0.3) is 0 Å². The summed E-state index contributed by atoms with van der Waals surface area (Å²) in [6.07, 6.45) is 0. The van der Waals surface area contributed by atoms with E-state index in [1.807, 2.05) is 6.07 Å². The molecule has 15 heavy (non-hydrogen) atoms. The van der Waals surface area contributed by atoms with E-state index in [0.29, 0.717) is 15.2 Å². The lowest BCUT2D eigenvalue weighted by molar-refractivity contribution is 1.39. The first-order valence-corrected chi connectivity index (χ1v) is 5.99. The Morgan fingerprint density at radius 1 is 1.13 bits per heavy atom.